The minimum absolute atomic E-state index is 0.277. The Kier molecular flexibility index (Phi) is 3.78. The van der Waals surface area contributed by atoms with Crippen LogP contribution in [0.15, 0.2) is 24.3 Å². The molecule has 0 radical (unpaired) electrons. The van der Waals surface area contributed by atoms with Crippen molar-refractivity contribution in [3.63, 3.8) is 0 Å². The maximum Gasteiger partial charge on any atom is 0.0911 e. The summed E-state index contributed by atoms with van der Waals surface area (Å²) < 4.78 is 12.2. The number of nitrogens with zero attached hydrogens (tertiary/aromatic N) is 1. The molecule has 1 aliphatic rings. The average Bonchev–Trinajstić information content (AvgIpc) is 2.47. The second-order valence-corrected chi connectivity index (χ2v) is 4.25. The molecule has 3 heteroatoms. The predicted molar refractivity (Wildman–Crippen MR) is 63.4 cm³/mol. The van der Waals surface area contributed by atoms with Gasteiger partial charge < -0.3 is 10.0 Å². The summed E-state index contributed by atoms with van der Waals surface area (Å²) in [6.07, 6.45) is 1.95. The van der Waals surface area contributed by atoms with Crippen molar-refractivity contribution in [2.24, 2.45) is 0 Å². The normalized spacial score (nSPS) is 20.4. The van der Waals surface area contributed by atoms with Gasteiger partial charge >= 0.3 is 0 Å². The van der Waals surface area contributed by atoms with Gasteiger partial charge in [0.25, 0.3) is 0 Å². The molecular formula is C13H18FNO. The lowest BCUT2D eigenvalue weighted by atomic mass is 10.0. The van der Waals surface area contributed by atoms with Crippen LogP contribution in [0.5, 0.6) is 0 Å². The SMILES string of the molecule is OC1CCCN(CCCF)c2ccccc21. The zero-order chi connectivity index (χ0) is 11.4. The minimum Gasteiger partial charge on any atom is -0.388 e. The van der Waals surface area contributed by atoms with E-state index in [1.165, 1.54) is 0 Å². The van der Waals surface area contributed by atoms with Crippen LogP contribution in [0, 0.1) is 0 Å². The highest BCUT2D eigenvalue weighted by Crippen LogP contribution is 2.32. The van der Waals surface area contributed by atoms with Crippen LogP contribution >= 0.6 is 0 Å². The first kappa shape index (κ1) is 11.4. The second-order valence-electron chi connectivity index (χ2n) is 4.25. The van der Waals surface area contributed by atoms with Gasteiger partial charge in [0.2, 0.25) is 0 Å². The van der Waals surface area contributed by atoms with Crippen molar-refractivity contribution in [1.29, 1.82) is 0 Å². The third kappa shape index (κ3) is 2.35. The first-order valence-corrected chi connectivity index (χ1v) is 5.91. The van der Waals surface area contributed by atoms with Crippen LogP contribution in [0.3, 0.4) is 0 Å². The molecule has 2 nitrogen and oxygen atoms in total. The number of aliphatic hydroxyl groups is 1. The molecule has 0 fully saturated rings. The molecule has 0 aliphatic carbocycles. The molecule has 2 rings (SSSR count). The van der Waals surface area contributed by atoms with Gasteiger partial charge in [-0.05, 0) is 25.3 Å². The molecule has 0 saturated carbocycles. The Balaban J connectivity index is 2.24. The fourth-order valence-electron chi connectivity index (χ4n) is 2.29. The van der Waals surface area contributed by atoms with E-state index in [-0.39, 0.29) is 12.8 Å². The van der Waals surface area contributed by atoms with Crippen LogP contribution in [0.25, 0.3) is 0 Å². The summed E-state index contributed by atoms with van der Waals surface area (Å²) in [5, 5.41) is 9.98. The molecular weight excluding hydrogens is 205 g/mol. The van der Waals surface area contributed by atoms with Crippen LogP contribution in [0.1, 0.15) is 30.9 Å². The van der Waals surface area contributed by atoms with Gasteiger partial charge in [0.1, 0.15) is 0 Å². The van der Waals surface area contributed by atoms with Crippen LogP contribution in [-0.4, -0.2) is 24.9 Å². The fourth-order valence-corrected chi connectivity index (χ4v) is 2.29. The van der Waals surface area contributed by atoms with Gasteiger partial charge in [0.15, 0.2) is 0 Å². The van der Waals surface area contributed by atoms with Gasteiger partial charge in [-0.3, -0.25) is 4.39 Å². The van der Waals surface area contributed by atoms with Gasteiger partial charge in [0.05, 0.1) is 12.8 Å². The summed E-state index contributed by atoms with van der Waals surface area (Å²) in [6, 6.07) is 7.90. The number of fused-ring (bicyclic) bond motifs is 1. The Hall–Kier alpha value is -1.09. The predicted octanol–water partition coefficient (Wildman–Crippen LogP) is 2.68. The van der Waals surface area contributed by atoms with Crippen molar-refractivity contribution in [2.75, 3.05) is 24.7 Å². The Bertz CT molecular complexity index is 342. The number of alkyl halides is 1. The zero-order valence-corrected chi connectivity index (χ0v) is 9.40. The van der Waals surface area contributed by atoms with Crippen molar-refractivity contribution in [3.05, 3.63) is 29.8 Å². The molecule has 1 unspecified atom stereocenters. The van der Waals surface area contributed by atoms with Crippen molar-refractivity contribution in [3.8, 4) is 0 Å². The number of halogens is 1. The number of hydrogen-bond acceptors (Lipinski definition) is 2. The summed E-state index contributed by atoms with van der Waals surface area (Å²) >= 11 is 0. The number of anilines is 1. The monoisotopic (exact) mass is 223 g/mol. The van der Waals surface area contributed by atoms with Crippen LogP contribution < -0.4 is 4.90 Å². The minimum atomic E-state index is -0.369. The summed E-state index contributed by atoms with van der Waals surface area (Å²) in [5.74, 6) is 0. The summed E-state index contributed by atoms with van der Waals surface area (Å²) in [5.41, 5.74) is 2.06. The van der Waals surface area contributed by atoms with Crippen LogP contribution in [-0.2, 0) is 0 Å². The highest BCUT2D eigenvalue weighted by Gasteiger charge is 2.20. The Morgan fingerprint density at radius 1 is 1.38 bits per heavy atom. The van der Waals surface area contributed by atoms with Gasteiger partial charge in [-0.2, -0.15) is 0 Å². The topological polar surface area (TPSA) is 23.5 Å². The molecule has 1 aromatic carbocycles. The average molecular weight is 223 g/mol. The first-order valence-electron chi connectivity index (χ1n) is 5.91. The van der Waals surface area contributed by atoms with E-state index < -0.39 is 0 Å². The van der Waals surface area contributed by atoms with E-state index in [0.29, 0.717) is 6.42 Å². The molecule has 88 valence electrons. The highest BCUT2D eigenvalue weighted by atomic mass is 19.1. The van der Waals surface area contributed by atoms with E-state index in [0.717, 1.165) is 37.2 Å². The molecule has 1 aliphatic heterocycles. The van der Waals surface area contributed by atoms with E-state index in [2.05, 4.69) is 4.90 Å². The molecule has 0 spiro atoms. The van der Waals surface area contributed by atoms with Crippen LogP contribution in [0.2, 0.25) is 0 Å². The second kappa shape index (κ2) is 5.30. The molecule has 0 amide bonds. The molecule has 1 atom stereocenters. The van der Waals surface area contributed by atoms with E-state index in [4.69, 9.17) is 0 Å². The molecule has 16 heavy (non-hydrogen) atoms. The Morgan fingerprint density at radius 2 is 2.19 bits per heavy atom. The molecule has 0 bridgehead atoms. The maximum atomic E-state index is 12.2. The number of benzene rings is 1. The number of para-hydroxylation sites is 1. The summed E-state index contributed by atoms with van der Waals surface area (Å²) in [4.78, 5) is 2.19. The Morgan fingerprint density at radius 3 is 3.00 bits per heavy atom. The van der Waals surface area contributed by atoms with Gasteiger partial charge in [-0.15, -0.1) is 0 Å². The van der Waals surface area contributed by atoms with Crippen molar-refractivity contribution in [2.45, 2.75) is 25.4 Å². The lowest BCUT2D eigenvalue weighted by Gasteiger charge is -2.24. The quantitative estimate of drug-likeness (QED) is 0.851. The van der Waals surface area contributed by atoms with Crippen LogP contribution in [0.4, 0.5) is 10.1 Å². The third-order valence-corrected chi connectivity index (χ3v) is 3.10. The lowest BCUT2D eigenvalue weighted by molar-refractivity contribution is 0.168. The molecule has 0 aromatic heterocycles. The first-order chi connectivity index (χ1) is 7.83. The number of aliphatic hydroxyl groups excluding tert-OH is 1. The van der Waals surface area contributed by atoms with E-state index in [1.807, 2.05) is 24.3 Å². The zero-order valence-electron chi connectivity index (χ0n) is 9.40. The molecule has 1 heterocycles. The van der Waals surface area contributed by atoms with Crippen molar-refractivity contribution < 1.29 is 9.50 Å². The van der Waals surface area contributed by atoms with Gasteiger partial charge in [-0.25, -0.2) is 0 Å². The van der Waals surface area contributed by atoms with E-state index in [9.17, 15) is 9.50 Å². The van der Waals surface area contributed by atoms with Crippen molar-refractivity contribution >= 4 is 5.69 Å². The largest absolute Gasteiger partial charge is 0.388 e. The Labute approximate surface area is 95.7 Å². The molecule has 0 saturated heterocycles. The van der Waals surface area contributed by atoms with E-state index >= 15 is 0 Å². The maximum absolute atomic E-state index is 12.2. The summed E-state index contributed by atoms with van der Waals surface area (Å²) in [7, 11) is 0. The van der Waals surface area contributed by atoms with Gasteiger partial charge in [-0.1, -0.05) is 18.2 Å². The number of rotatable bonds is 3. The van der Waals surface area contributed by atoms with E-state index in [1.54, 1.807) is 0 Å². The summed E-state index contributed by atoms with van der Waals surface area (Å²) in [6.45, 7) is 1.37. The third-order valence-electron chi connectivity index (χ3n) is 3.10. The van der Waals surface area contributed by atoms with Gasteiger partial charge in [0, 0.05) is 24.3 Å². The van der Waals surface area contributed by atoms with Crippen molar-refractivity contribution in [1.82, 2.24) is 0 Å². The fraction of sp³-hybridized carbons (Fsp3) is 0.538. The number of hydrogen-bond donors (Lipinski definition) is 1. The smallest absolute Gasteiger partial charge is 0.0911 e. The molecule has 1 aromatic rings. The standard InChI is InChI=1S/C13H18FNO/c14-8-4-10-15-9-3-7-13(16)11-5-1-2-6-12(11)15/h1-2,5-6,13,16H,3-4,7-10H2. The molecule has 1 N–H and O–H groups in total. The highest BCUT2D eigenvalue weighted by molar-refractivity contribution is 5.55. The lowest BCUT2D eigenvalue weighted by Crippen LogP contribution is -2.25.